The number of benzene rings is 3. The van der Waals surface area contributed by atoms with Gasteiger partial charge < -0.3 is 9.64 Å². The molecule has 32 heavy (non-hydrogen) atoms. The van der Waals surface area contributed by atoms with Crippen LogP contribution in [0.2, 0.25) is 0 Å². The van der Waals surface area contributed by atoms with E-state index in [-0.39, 0.29) is 12.5 Å². The number of rotatable bonds is 7. The summed E-state index contributed by atoms with van der Waals surface area (Å²) in [7, 11) is 0. The summed E-state index contributed by atoms with van der Waals surface area (Å²) in [5.74, 6) is 0.922. The van der Waals surface area contributed by atoms with Gasteiger partial charge in [0.1, 0.15) is 4.38 Å². The molecule has 0 bridgehead atoms. The molecule has 0 aliphatic carbocycles. The van der Waals surface area contributed by atoms with Gasteiger partial charge in [0.25, 0.3) is 5.91 Å². The molecule has 0 saturated carbocycles. The average Bonchev–Trinajstić information content (AvgIpc) is 3.36. The lowest BCUT2D eigenvalue weighted by atomic mass is 10.1. The van der Waals surface area contributed by atoms with Crippen molar-refractivity contribution in [2.75, 3.05) is 30.3 Å². The molecule has 0 spiro atoms. The number of anilines is 1. The van der Waals surface area contributed by atoms with Crippen molar-refractivity contribution < 1.29 is 14.3 Å². The Kier molecular flexibility index (Phi) is 7.50. The van der Waals surface area contributed by atoms with Gasteiger partial charge in [0, 0.05) is 23.4 Å². The highest BCUT2D eigenvalue weighted by Crippen LogP contribution is 2.28. The van der Waals surface area contributed by atoms with E-state index < -0.39 is 5.97 Å². The van der Waals surface area contributed by atoms with Gasteiger partial charge >= 0.3 is 5.97 Å². The number of thioether (sulfide) groups is 2. The normalized spacial score (nSPS) is 13.1. The summed E-state index contributed by atoms with van der Waals surface area (Å²) in [6.07, 6.45) is 0. The van der Waals surface area contributed by atoms with Crippen LogP contribution in [0.1, 0.15) is 22.8 Å². The van der Waals surface area contributed by atoms with Crippen LogP contribution in [0.5, 0.6) is 0 Å². The Bertz CT molecular complexity index is 1160. The second kappa shape index (κ2) is 10.7. The van der Waals surface area contributed by atoms with E-state index in [4.69, 9.17) is 4.74 Å². The van der Waals surface area contributed by atoms with Gasteiger partial charge in [0.05, 0.1) is 17.8 Å². The molecule has 3 aromatic rings. The molecule has 7 heteroatoms. The molecule has 1 aliphatic rings. The molecule has 3 aromatic carbocycles. The van der Waals surface area contributed by atoms with Crippen molar-refractivity contribution in [1.29, 1.82) is 0 Å². The Morgan fingerprint density at radius 3 is 2.66 bits per heavy atom. The number of aliphatic imine (C=N–C) groups is 1. The highest BCUT2D eigenvalue weighted by molar-refractivity contribution is 8.38. The largest absolute Gasteiger partial charge is 0.452 e. The first kappa shape index (κ1) is 22.4. The topological polar surface area (TPSA) is 59.0 Å². The second-order valence-electron chi connectivity index (χ2n) is 7.15. The Morgan fingerprint density at radius 1 is 1.06 bits per heavy atom. The maximum absolute atomic E-state index is 13.0. The van der Waals surface area contributed by atoms with E-state index in [1.807, 2.05) is 67.6 Å². The van der Waals surface area contributed by atoms with Crippen LogP contribution in [0.4, 0.5) is 5.69 Å². The number of carbonyl (C=O) groups is 2. The van der Waals surface area contributed by atoms with E-state index in [0.717, 1.165) is 38.7 Å². The summed E-state index contributed by atoms with van der Waals surface area (Å²) in [5, 5.41) is 2.05. The van der Waals surface area contributed by atoms with E-state index in [0.29, 0.717) is 17.9 Å². The summed E-state index contributed by atoms with van der Waals surface area (Å²) in [5.41, 5.74) is 2.19. The van der Waals surface area contributed by atoms with Crippen molar-refractivity contribution in [1.82, 2.24) is 0 Å². The zero-order valence-electron chi connectivity index (χ0n) is 17.8. The van der Waals surface area contributed by atoms with Crippen molar-refractivity contribution in [2.24, 2.45) is 4.99 Å². The van der Waals surface area contributed by atoms with Crippen molar-refractivity contribution in [3.05, 3.63) is 77.9 Å². The number of hydrogen-bond donors (Lipinski definition) is 0. The predicted molar refractivity (Wildman–Crippen MR) is 135 cm³/mol. The third-order valence-corrected chi connectivity index (χ3v) is 7.45. The number of carbonyl (C=O) groups excluding carboxylic acids is 2. The highest BCUT2D eigenvalue weighted by atomic mass is 32.2. The van der Waals surface area contributed by atoms with E-state index in [1.165, 1.54) is 0 Å². The Hall–Kier alpha value is -2.77. The van der Waals surface area contributed by atoms with Crippen LogP contribution in [0.3, 0.4) is 0 Å². The smallest absolute Gasteiger partial charge is 0.338 e. The maximum atomic E-state index is 13.0. The standard InChI is InChI=1S/C25H24N2O3S2/c1-2-27(22-13-7-10-18-8-3-5-11-20(18)22)23(28)16-30-24(29)21-12-6-4-9-19(21)17-32-25-26-14-15-31-25/h3-13H,2,14-17H2,1H3. The van der Waals surface area contributed by atoms with Crippen LogP contribution >= 0.6 is 23.5 Å². The minimum absolute atomic E-state index is 0.249. The zero-order valence-corrected chi connectivity index (χ0v) is 19.5. The van der Waals surface area contributed by atoms with E-state index in [9.17, 15) is 9.59 Å². The average molecular weight is 465 g/mol. The first-order valence-electron chi connectivity index (χ1n) is 10.5. The predicted octanol–water partition coefficient (Wildman–Crippen LogP) is 5.39. The lowest BCUT2D eigenvalue weighted by Crippen LogP contribution is -2.34. The molecule has 4 rings (SSSR count). The van der Waals surface area contributed by atoms with Crippen LogP contribution in [-0.4, -0.2) is 41.7 Å². The zero-order chi connectivity index (χ0) is 22.3. The fourth-order valence-corrected chi connectivity index (χ4v) is 5.61. The number of hydrogen-bond acceptors (Lipinski definition) is 6. The van der Waals surface area contributed by atoms with Gasteiger partial charge in [-0.1, -0.05) is 78.1 Å². The van der Waals surface area contributed by atoms with Crippen molar-refractivity contribution in [3.63, 3.8) is 0 Å². The number of ether oxygens (including phenoxy) is 1. The number of amides is 1. The van der Waals surface area contributed by atoms with Crippen LogP contribution < -0.4 is 4.90 Å². The van der Waals surface area contributed by atoms with Crippen LogP contribution in [0, 0.1) is 0 Å². The summed E-state index contributed by atoms with van der Waals surface area (Å²) < 4.78 is 6.50. The molecule has 0 saturated heterocycles. The second-order valence-corrected chi connectivity index (χ2v) is 9.46. The minimum atomic E-state index is -0.482. The molecule has 0 radical (unpaired) electrons. The Morgan fingerprint density at radius 2 is 1.84 bits per heavy atom. The van der Waals surface area contributed by atoms with Gasteiger partial charge in [-0.3, -0.25) is 9.79 Å². The van der Waals surface area contributed by atoms with Gasteiger partial charge in [-0.05, 0) is 30.0 Å². The van der Waals surface area contributed by atoms with E-state index >= 15 is 0 Å². The van der Waals surface area contributed by atoms with Crippen LogP contribution in [-0.2, 0) is 15.3 Å². The molecule has 5 nitrogen and oxygen atoms in total. The third-order valence-electron chi connectivity index (χ3n) is 5.15. The lowest BCUT2D eigenvalue weighted by molar-refractivity contribution is -0.121. The first-order valence-corrected chi connectivity index (χ1v) is 12.5. The third kappa shape index (κ3) is 5.16. The van der Waals surface area contributed by atoms with Crippen LogP contribution in [0.25, 0.3) is 10.8 Å². The summed E-state index contributed by atoms with van der Waals surface area (Å²) >= 11 is 3.37. The molecule has 0 fully saturated rings. The molecule has 1 amide bonds. The van der Waals surface area contributed by atoms with Crippen LogP contribution in [0.15, 0.2) is 71.7 Å². The molecule has 0 atom stereocenters. The van der Waals surface area contributed by atoms with Crippen molar-refractivity contribution in [3.8, 4) is 0 Å². The van der Waals surface area contributed by atoms with E-state index in [1.54, 1.807) is 34.5 Å². The molecule has 0 aromatic heterocycles. The fourth-order valence-electron chi connectivity index (χ4n) is 3.60. The molecule has 0 unspecified atom stereocenters. The number of likely N-dealkylation sites (N-methyl/N-ethyl adjacent to an activating group) is 1. The molecule has 1 heterocycles. The molecular weight excluding hydrogens is 440 g/mol. The molecule has 164 valence electrons. The number of nitrogens with zero attached hydrogens (tertiary/aromatic N) is 2. The monoisotopic (exact) mass is 464 g/mol. The summed E-state index contributed by atoms with van der Waals surface area (Å²) in [4.78, 5) is 31.9. The highest BCUT2D eigenvalue weighted by Gasteiger charge is 2.20. The quantitative estimate of drug-likeness (QED) is 0.439. The molecule has 0 N–H and O–H groups in total. The van der Waals surface area contributed by atoms with Crippen molar-refractivity contribution >= 4 is 56.2 Å². The molecule has 1 aliphatic heterocycles. The SMILES string of the molecule is CCN(C(=O)COC(=O)c1ccccc1CSC1=NCCS1)c1cccc2ccccc12. The van der Waals surface area contributed by atoms with Gasteiger partial charge in [-0.2, -0.15) is 0 Å². The molecular formula is C25H24N2O3S2. The van der Waals surface area contributed by atoms with Gasteiger partial charge in [0.15, 0.2) is 6.61 Å². The summed E-state index contributed by atoms with van der Waals surface area (Å²) in [6.45, 7) is 2.94. The van der Waals surface area contributed by atoms with Gasteiger partial charge in [0.2, 0.25) is 0 Å². The van der Waals surface area contributed by atoms with E-state index in [2.05, 4.69) is 4.99 Å². The van der Waals surface area contributed by atoms with Gasteiger partial charge in [-0.25, -0.2) is 4.79 Å². The fraction of sp³-hybridized carbons (Fsp3) is 0.240. The maximum Gasteiger partial charge on any atom is 0.338 e. The lowest BCUT2D eigenvalue weighted by Gasteiger charge is -2.22. The number of esters is 1. The Labute approximate surface area is 196 Å². The Balaban J connectivity index is 1.43. The number of fused-ring (bicyclic) bond motifs is 1. The minimum Gasteiger partial charge on any atom is -0.452 e. The summed E-state index contributed by atoms with van der Waals surface area (Å²) in [6, 6.07) is 21.2. The first-order chi connectivity index (χ1) is 15.7. The van der Waals surface area contributed by atoms with Crippen molar-refractivity contribution in [2.45, 2.75) is 12.7 Å². The van der Waals surface area contributed by atoms with Gasteiger partial charge in [-0.15, -0.1) is 0 Å².